The third kappa shape index (κ3) is 1.91. The average Bonchev–Trinajstić information content (AvgIpc) is 2.82. The van der Waals surface area contributed by atoms with Gasteiger partial charge in [-0.15, -0.1) is 0 Å². The highest BCUT2D eigenvalue weighted by atomic mass is 16.6. The molecule has 7 heteroatoms. The van der Waals surface area contributed by atoms with Gasteiger partial charge in [-0.05, 0) is 18.2 Å². The van der Waals surface area contributed by atoms with E-state index in [4.69, 9.17) is 10.5 Å². The first-order valence-corrected chi connectivity index (χ1v) is 5.80. The number of hydrogen-bond acceptors (Lipinski definition) is 5. The minimum Gasteiger partial charge on any atom is -0.449 e. The predicted octanol–water partition coefficient (Wildman–Crippen LogP) is 2.85. The minimum atomic E-state index is -0.510. The van der Waals surface area contributed by atoms with Crippen LogP contribution in [0.2, 0.25) is 0 Å². The first-order chi connectivity index (χ1) is 9.66. The van der Waals surface area contributed by atoms with Crippen LogP contribution in [0.3, 0.4) is 0 Å². The first-order valence-electron chi connectivity index (χ1n) is 5.80. The van der Waals surface area contributed by atoms with Crippen molar-refractivity contribution in [3.63, 3.8) is 0 Å². The summed E-state index contributed by atoms with van der Waals surface area (Å²) >= 11 is 0. The van der Waals surface area contributed by atoms with E-state index in [2.05, 4.69) is 10.2 Å². The van der Waals surface area contributed by atoms with Crippen molar-refractivity contribution in [2.24, 2.45) is 0 Å². The number of nitrogens with zero attached hydrogens (tertiary/aromatic N) is 2. The Balaban J connectivity index is 2.22. The van der Waals surface area contributed by atoms with Crippen molar-refractivity contribution in [1.29, 1.82) is 0 Å². The number of fused-ring (bicyclic) bond motifs is 1. The van der Waals surface area contributed by atoms with Crippen molar-refractivity contribution in [2.75, 3.05) is 5.73 Å². The van der Waals surface area contributed by atoms with E-state index >= 15 is 0 Å². The molecule has 100 valence electrons. The van der Waals surface area contributed by atoms with E-state index in [1.165, 1.54) is 6.07 Å². The zero-order valence-corrected chi connectivity index (χ0v) is 10.2. The molecule has 0 saturated heterocycles. The quantitative estimate of drug-likeness (QED) is 0.562. The summed E-state index contributed by atoms with van der Waals surface area (Å²) in [4.78, 5) is 10.6. The molecule has 1 heterocycles. The molecule has 0 bridgehead atoms. The van der Waals surface area contributed by atoms with Crippen molar-refractivity contribution in [1.82, 2.24) is 10.2 Å². The lowest BCUT2D eigenvalue weighted by molar-refractivity contribution is -0.385. The van der Waals surface area contributed by atoms with Gasteiger partial charge in [0.2, 0.25) is 5.75 Å². The molecule has 1 aromatic heterocycles. The van der Waals surface area contributed by atoms with E-state index in [1.807, 2.05) is 6.07 Å². The summed E-state index contributed by atoms with van der Waals surface area (Å²) in [5.41, 5.74) is 6.18. The topological polar surface area (TPSA) is 107 Å². The van der Waals surface area contributed by atoms with Crippen LogP contribution < -0.4 is 10.5 Å². The predicted molar refractivity (Wildman–Crippen MR) is 73.7 cm³/mol. The van der Waals surface area contributed by atoms with E-state index < -0.39 is 4.92 Å². The maximum Gasteiger partial charge on any atom is 0.312 e. The number of ether oxygens (including phenoxy) is 1. The number of nitro benzene ring substituents is 1. The summed E-state index contributed by atoms with van der Waals surface area (Å²) in [6.45, 7) is 0. The van der Waals surface area contributed by atoms with Crippen LogP contribution in [0.25, 0.3) is 10.9 Å². The Morgan fingerprint density at radius 2 is 1.95 bits per heavy atom. The maximum atomic E-state index is 11.1. The summed E-state index contributed by atoms with van der Waals surface area (Å²) in [6, 6.07) is 11.7. The zero-order valence-electron chi connectivity index (χ0n) is 10.2. The number of nitrogen functional groups attached to an aromatic ring is 1. The van der Waals surface area contributed by atoms with E-state index in [0.717, 1.165) is 0 Å². The lowest BCUT2D eigenvalue weighted by atomic mass is 10.2. The van der Waals surface area contributed by atoms with Gasteiger partial charge in [-0.2, -0.15) is 5.10 Å². The average molecular weight is 270 g/mol. The van der Waals surface area contributed by atoms with Crippen LogP contribution >= 0.6 is 0 Å². The van der Waals surface area contributed by atoms with E-state index in [-0.39, 0.29) is 17.3 Å². The van der Waals surface area contributed by atoms with Crippen molar-refractivity contribution < 1.29 is 9.66 Å². The number of nitro groups is 1. The fourth-order valence-corrected chi connectivity index (χ4v) is 1.95. The first kappa shape index (κ1) is 12.0. The van der Waals surface area contributed by atoms with Gasteiger partial charge >= 0.3 is 5.69 Å². The van der Waals surface area contributed by atoms with Crippen molar-refractivity contribution in [3.8, 4) is 11.5 Å². The summed E-state index contributed by atoms with van der Waals surface area (Å²) in [6.07, 6.45) is 0. The molecule has 0 radical (unpaired) electrons. The van der Waals surface area contributed by atoms with Gasteiger partial charge in [0, 0.05) is 6.07 Å². The normalized spacial score (nSPS) is 10.6. The Kier molecular flexibility index (Phi) is 2.72. The third-order valence-electron chi connectivity index (χ3n) is 2.85. The maximum absolute atomic E-state index is 11.1. The Bertz CT molecular complexity index is 783. The monoisotopic (exact) mass is 270 g/mol. The van der Waals surface area contributed by atoms with Crippen molar-refractivity contribution >= 4 is 22.4 Å². The van der Waals surface area contributed by atoms with Crippen LogP contribution in [-0.2, 0) is 0 Å². The van der Waals surface area contributed by atoms with E-state index in [1.54, 1.807) is 30.3 Å². The Morgan fingerprint density at radius 3 is 2.65 bits per heavy atom. The van der Waals surface area contributed by atoms with Crippen LogP contribution in [0.1, 0.15) is 0 Å². The fourth-order valence-electron chi connectivity index (χ4n) is 1.95. The van der Waals surface area contributed by atoms with Crippen LogP contribution in [-0.4, -0.2) is 15.1 Å². The molecule has 0 spiro atoms. The molecule has 3 rings (SSSR count). The number of nitrogens with one attached hydrogen (secondary N) is 1. The van der Waals surface area contributed by atoms with Gasteiger partial charge in [0.1, 0.15) is 5.75 Å². The van der Waals surface area contributed by atoms with Gasteiger partial charge in [0.15, 0.2) is 5.82 Å². The molecule has 0 aliphatic heterocycles. The minimum absolute atomic E-state index is 0.0879. The van der Waals surface area contributed by atoms with Gasteiger partial charge in [-0.3, -0.25) is 15.2 Å². The van der Waals surface area contributed by atoms with E-state index in [0.29, 0.717) is 16.7 Å². The number of anilines is 1. The molecule has 2 aromatic carbocycles. The molecule has 0 saturated carbocycles. The molecule has 0 atom stereocenters. The van der Waals surface area contributed by atoms with Crippen molar-refractivity contribution in [3.05, 3.63) is 52.6 Å². The fraction of sp³-hybridized carbons (Fsp3) is 0. The van der Waals surface area contributed by atoms with Gasteiger partial charge < -0.3 is 10.5 Å². The second-order valence-electron chi connectivity index (χ2n) is 4.12. The van der Waals surface area contributed by atoms with Crippen LogP contribution in [0.5, 0.6) is 11.5 Å². The molecule has 7 nitrogen and oxygen atoms in total. The molecule has 3 N–H and O–H groups in total. The largest absolute Gasteiger partial charge is 0.449 e. The number of rotatable bonds is 3. The van der Waals surface area contributed by atoms with Crippen LogP contribution in [0.15, 0.2) is 42.5 Å². The smallest absolute Gasteiger partial charge is 0.312 e. The highest BCUT2D eigenvalue weighted by Gasteiger charge is 2.22. The molecular weight excluding hydrogens is 260 g/mol. The zero-order chi connectivity index (χ0) is 14.1. The van der Waals surface area contributed by atoms with Gasteiger partial charge in [0.05, 0.1) is 15.8 Å². The number of H-pyrrole nitrogens is 1. The summed E-state index contributed by atoms with van der Waals surface area (Å²) in [5.74, 6) is 0.739. The van der Waals surface area contributed by atoms with Crippen LogP contribution in [0.4, 0.5) is 11.5 Å². The number of nitrogens with two attached hydrogens (primary N) is 1. The molecular formula is C13H10N4O3. The van der Waals surface area contributed by atoms with Gasteiger partial charge in [0.25, 0.3) is 0 Å². The Morgan fingerprint density at radius 1 is 1.20 bits per heavy atom. The number of aromatic amines is 1. The van der Waals surface area contributed by atoms with Crippen molar-refractivity contribution in [2.45, 2.75) is 0 Å². The SMILES string of the molecule is Nc1n[nH]c2ccc([N+](=O)[O-])c(Oc3ccccc3)c12. The third-order valence-corrected chi connectivity index (χ3v) is 2.85. The molecule has 20 heavy (non-hydrogen) atoms. The lowest BCUT2D eigenvalue weighted by Crippen LogP contribution is -1.95. The second-order valence-corrected chi connectivity index (χ2v) is 4.12. The number of benzene rings is 2. The van der Waals surface area contributed by atoms with E-state index in [9.17, 15) is 10.1 Å². The molecule has 3 aromatic rings. The number of hydrogen-bond donors (Lipinski definition) is 2. The highest BCUT2D eigenvalue weighted by molar-refractivity contribution is 5.97. The van der Waals surface area contributed by atoms with Gasteiger partial charge in [-0.1, -0.05) is 18.2 Å². The molecule has 0 fully saturated rings. The Labute approximate surface area is 113 Å². The number of para-hydroxylation sites is 1. The number of aromatic nitrogens is 2. The molecule has 0 unspecified atom stereocenters. The van der Waals surface area contributed by atoms with Gasteiger partial charge in [-0.25, -0.2) is 0 Å². The lowest BCUT2D eigenvalue weighted by Gasteiger charge is -2.07. The highest BCUT2D eigenvalue weighted by Crippen LogP contribution is 2.40. The molecule has 0 aliphatic carbocycles. The second kappa shape index (κ2) is 4.54. The molecule has 0 amide bonds. The standard InChI is InChI=1S/C13H10N4O3/c14-13-11-9(15-16-13)6-7-10(17(18)19)12(11)20-8-4-2-1-3-5-8/h1-7H,(H3,14,15,16). The molecule has 0 aliphatic rings. The summed E-state index contributed by atoms with van der Waals surface area (Å²) < 4.78 is 5.64. The Hall–Kier alpha value is -3.09. The summed E-state index contributed by atoms with van der Waals surface area (Å²) in [5, 5.41) is 18.1. The summed E-state index contributed by atoms with van der Waals surface area (Å²) in [7, 11) is 0. The van der Waals surface area contributed by atoms with Crippen LogP contribution in [0, 0.1) is 10.1 Å².